The number of anilines is 1. The summed E-state index contributed by atoms with van der Waals surface area (Å²) in [5, 5.41) is 2.88. The number of nitrogens with one attached hydrogen (secondary N) is 1. The number of carbonyl (C=O) groups excluding carboxylic acids is 2. The van der Waals surface area contributed by atoms with E-state index in [4.69, 9.17) is 35.3 Å². The molecule has 2 aromatic carbocycles. The van der Waals surface area contributed by atoms with Crippen LogP contribution in [-0.2, 0) is 9.53 Å². The summed E-state index contributed by atoms with van der Waals surface area (Å²) in [6, 6.07) is 7.77. The van der Waals surface area contributed by atoms with Gasteiger partial charge in [-0.3, -0.25) is 4.79 Å². The highest BCUT2D eigenvalue weighted by molar-refractivity contribution is 6.32. The molecule has 0 radical (unpaired) electrons. The van der Waals surface area contributed by atoms with Crippen LogP contribution in [0.3, 0.4) is 0 Å². The van der Waals surface area contributed by atoms with Crippen LogP contribution in [0, 0.1) is 0 Å². The normalized spacial score (nSPS) is 11.3. The number of carbonyl (C=O) groups is 2. The molecule has 0 aliphatic carbocycles. The van der Waals surface area contributed by atoms with Crippen molar-refractivity contribution in [2.75, 3.05) is 33.3 Å². The molecule has 0 aliphatic heterocycles. The lowest BCUT2D eigenvalue weighted by Gasteiger charge is -2.16. The van der Waals surface area contributed by atoms with Crippen LogP contribution in [0.2, 0.25) is 5.02 Å². The van der Waals surface area contributed by atoms with Crippen LogP contribution in [0.5, 0.6) is 23.0 Å². The van der Waals surface area contributed by atoms with Gasteiger partial charge < -0.3 is 29.0 Å². The van der Waals surface area contributed by atoms with Crippen molar-refractivity contribution in [2.24, 2.45) is 0 Å². The van der Waals surface area contributed by atoms with Gasteiger partial charge in [0.1, 0.15) is 0 Å². The van der Waals surface area contributed by atoms with Gasteiger partial charge in [0, 0.05) is 11.8 Å². The third-order valence-electron chi connectivity index (χ3n) is 4.22. The lowest BCUT2D eigenvalue weighted by molar-refractivity contribution is -0.123. The van der Waals surface area contributed by atoms with Crippen molar-refractivity contribution in [3.63, 3.8) is 0 Å². The molecule has 0 heterocycles. The van der Waals surface area contributed by atoms with Crippen LogP contribution >= 0.6 is 11.6 Å². The minimum Gasteiger partial charge on any atom is -0.493 e. The fourth-order valence-electron chi connectivity index (χ4n) is 2.62. The monoisotopic (exact) mass is 451 g/mol. The third kappa shape index (κ3) is 6.18. The molecule has 1 amide bonds. The van der Waals surface area contributed by atoms with Gasteiger partial charge in [0.05, 0.1) is 38.5 Å². The molecule has 2 aromatic rings. The second kappa shape index (κ2) is 11.3. The predicted molar refractivity (Wildman–Crippen MR) is 117 cm³/mol. The van der Waals surface area contributed by atoms with E-state index in [0.29, 0.717) is 35.3 Å². The van der Waals surface area contributed by atoms with E-state index in [-0.39, 0.29) is 10.6 Å². The first-order chi connectivity index (χ1) is 14.8. The Hall–Kier alpha value is -3.13. The molecule has 0 saturated carbocycles. The molecule has 9 heteroatoms. The lowest BCUT2D eigenvalue weighted by Crippen LogP contribution is -2.30. The number of rotatable bonds is 10. The summed E-state index contributed by atoms with van der Waals surface area (Å²) < 4.78 is 26.5. The van der Waals surface area contributed by atoms with Crippen LogP contribution in [0.4, 0.5) is 5.69 Å². The van der Waals surface area contributed by atoms with Gasteiger partial charge in [0.2, 0.25) is 0 Å². The molecular formula is C22H26ClNO7. The van der Waals surface area contributed by atoms with Gasteiger partial charge in [0.25, 0.3) is 5.91 Å². The van der Waals surface area contributed by atoms with Gasteiger partial charge in [-0.2, -0.15) is 0 Å². The standard InChI is InChI=1S/C22H26ClNO7/c1-6-9-30-20-16(23)10-14(11-19(20)29-5)22(26)31-13(2)21(25)24-15-7-8-17(27-3)18(12-15)28-4/h7-8,10-13H,6,9H2,1-5H3,(H,24,25). The first-order valence-electron chi connectivity index (χ1n) is 9.58. The Morgan fingerprint density at radius 1 is 1.00 bits per heavy atom. The molecule has 1 unspecified atom stereocenters. The van der Waals surface area contributed by atoms with E-state index < -0.39 is 18.0 Å². The van der Waals surface area contributed by atoms with Crippen molar-refractivity contribution in [2.45, 2.75) is 26.4 Å². The number of halogens is 1. The second-order valence-electron chi connectivity index (χ2n) is 6.44. The minimum atomic E-state index is -1.07. The summed E-state index contributed by atoms with van der Waals surface area (Å²) in [6.07, 6.45) is -0.280. The van der Waals surface area contributed by atoms with E-state index in [1.54, 1.807) is 18.2 Å². The number of ether oxygens (including phenoxy) is 5. The van der Waals surface area contributed by atoms with Crippen LogP contribution in [0.15, 0.2) is 30.3 Å². The SMILES string of the molecule is CCCOc1c(Cl)cc(C(=O)OC(C)C(=O)Nc2ccc(OC)c(OC)c2)cc1OC. The second-order valence-corrected chi connectivity index (χ2v) is 6.85. The summed E-state index contributed by atoms with van der Waals surface area (Å²) in [6.45, 7) is 3.87. The van der Waals surface area contributed by atoms with Crippen molar-refractivity contribution in [3.8, 4) is 23.0 Å². The molecule has 0 saturated heterocycles. The largest absolute Gasteiger partial charge is 0.493 e. The zero-order valence-corrected chi connectivity index (χ0v) is 18.9. The fourth-order valence-corrected chi connectivity index (χ4v) is 2.89. The van der Waals surface area contributed by atoms with E-state index in [1.807, 2.05) is 6.92 Å². The van der Waals surface area contributed by atoms with Crippen LogP contribution in [0.25, 0.3) is 0 Å². The first-order valence-corrected chi connectivity index (χ1v) is 9.96. The minimum absolute atomic E-state index is 0.136. The molecule has 2 rings (SSSR count). The zero-order chi connectivity index (χ0) is 23.0. The van der Waals surface area contributed by atoms with Crippen molar-refractivity contribution in [1.82, 2.24) is 0 Å². The van der Waals surface area contributed by atoms with Gasteiger partial charge in [0.15, 0.2) is 29.1 Å². The van der Waals surface area contributed by atoms with Crippen molar-refractivity contribution < 1.29 is 33.3 Å². The average molecular weight is 452 g/mol. The molecule has 8 nitrogen and oxygen atoms in total. The summed E-state index contributed by atoms with van der Waals surface area (Å²) in [4.78, 5) is 25.0. The van der Waals surface area contributed by atoms with Crippen molar-refractivity contribution >= 4 is 29.2 Å². The first kappa shape index (κ1) is 24.1. The van der Waals surface area contributed by atoms with Gasteiger partial charge >= 0.3 is 5.97 Å². The molecule has 31 heavy (non-hydrogen) atoms. The highest BCUT2D eigenvalue weighted by Gasteiger charge is 2.22. The van der Waals surface area contributed by atoms with E-state index in [1.165, 1.54) is 40.4 Å². The van der Waals surface area contributed by atoms with Crippen LogP contribution < -0.4 is 24.3 Å². The Balaban J connectivity index is 2.09. The maximum atomic E-state index is 12.5. The molecule has 168 valence electrons. The fraction of sp³-hybridized carbons (Fsp3) is 0.364. The van der Waals surface area contributed by atoms with E-state index in [2.05, 4.69) is 5.32 Å². The summed E-state index contributed by atoms with van der Waals surface area (Å²) in [7, 11) is 4.45. The number of hydrogen-bond donors (Lipinski definition) is 1. The Labute approximate surface area is 186 Å². The molecule has 1 N–H and O–H groups in total. The Morgan fingerprint density at radius 2 is 1.68 bits per heavy atom. The molecule has 0 fully saturated rings. The lowest BCUT2D eigenvalue weighted by atomic mass is 10.2. The predicted octanol–water partition coefficient (Wildman–Crippen LogP) is 4.34. The Bertz CT molecular complexity index is 932. The van der Waals surface area contributed by atoms with E-state index >= 15 is 0 Å². The van der Waals surface area contributed by atoms with Crippen molar-refractivity contribution in [1.29, 1.82) is 0 Å². The molecule has 0 bridgehead atoms. The van der Waals surface area contributed by atoms with Gasteiger partial charge in [-0.15, -0.1) is 0 Å². The van der Waals surface area contributed by atoms with Crippen LogP contribution in [0.1, 0.15) is 30.6 Å². The van der Waals surface area contributed by atoms with E-state index in [0.717, 1.165) is 6.42 Å². The van der Waals surface area contributed by atoms with Crippen LogP contribution in [-0.4, -0.2) is 45.9 Å². The van der Waals surface area contributed by atoms with Gasteiger partial charge in [-0.05, 0) is 37.6 Å². The maximum absolute atomic E-state index is 12.5. The molecule has 1 atom stereocenters. The Kier molecular flexibility index (Phi) is 8.81. The highest BCUT2D eigenvalue weighted by atomic mass is 35.5. The summed E-state index contributed by atoms with van der Waals surface area (Å²) in [5.74, 6) is 0.394. The number of esters is 1. The quantitative estimate of drug-likeness (QED) is 0.537. The average Bonchev–Trinajstić information content (AvgIpc) is 2.77. The number of hydrogen-bond acceptors (Lipinski definition) is 7. The van der Waals surface area contributed by atoms with Gasteiger partial charge in [-0.25, -0.2) is 4.79 Å². The highest BCUT2D eigenvalue weighted by Crippen LogP contribution is 2.37. The Morgan fingerprint density at radius 3 is 2.29 bits per heavy atom. The smallest absolute Gasteiger partial charge is 0.339 e. The summed E-state index contributed by atoms with van der Waals surface area (Å²) >= 11 is 6.24. The number of amides is 1. The molecule has 0 spiro atoms. The molecule has 0 aliphatic rings. The number of benzene rings is 2. The summed E-state index contributed by atoms with van der Waals surface area (Å²) in [5.41, 5.74) is 0.601. The topological polar surface area (TPSA) is 92.3 Å². The molecule has 0 aromatic heterocycles. The third-order valence-corrected chi connectivity index (χ3v) is 4.50. The van der Waals surface area contributed by atoms with E-state index in [9.17, 15) is 9.59 Å². The zero-order valence-electron chi connectivity index (χ0n) is 18.1. The molecular weight excluding hydrogens is 426 g/mol. The maximum Gasteiger partial charge on any atom is 0.339 e. The van der Waals surface area contributed by atoms with Crippen molar-refractivity contribution in [3.05, 3.63) is 40.9 Å². The number of methoxy groups -OCH3 is 3. The van der Waals surface area contributed by atoms with Gasteiger partial charge in [-0.1, -0.05) is 18.5 Å².